The van der Waals surface area contributed by atoms with Gasteiger partial charge in [-0.2, -0.15) is 0 Å². The van der Waals surface area contributed by atoms with Crippen molar-refractivity contribution >= 4 is 12.1 Å². The fourth-order valence-electron chi connectivity index (χ4n) is 1.58. The zero-order valence-corrected chi connectivity index (χ0v) is 9.05. The van der Waals surface area contributed by atoms with Gasteiger partial charge in [-0.05, 0) is 24.6 Å². The Balaban J connectivity index is 2.18. The first-order valence-corrected chi connectivity index (χ1v) is 5.05. The molecule has 1 amide bonds. The minimum Gasteiger partial charge on any atom is -0.330 e. The van der Waals surface area contributed by atoms with Crippen LogP contribution in [-0.4, -0.2) is 16.0 Å². The van der Waals surface area contributed by atoms with Crippen LogP contribution in [0.4, 0.5) is 5.69 Å². The zero-order valence-electron chi connectivity index (χ0n) is 9.05. The molecule has 2 aromatic rings. The highest BCUT2D eigenvalue weighted by atomic mass is 16.1. The third-order valence-corrected chi connectivity index (χ3v) is 2.43. The Morgan fingerprint density at radius 3 is 3.06 bits per heavy atom. The normalized spacial score (nSPS) is 10.1. The number of imidazole rings is 1. The van der Waals surface area contributed by atoms with Gasteiger partial charge in [0.15, 0.2) is 0 Å². The molecule has 0 aliphatic carbocycles. The van der Waals surface area contributed by atoms with Gasteiger partial charge in [0.25, 0.3) is 0 Å². The minimum absolute atomic E-state index is 0.682. The maximum Gasteiger partial charge on any atom is 0.211 e. The Hall–Kier alpha value is -2.10. The molecule has 0 saturated carbocycles. The van der Waals surface area contributed by atoms with Crippen molar-refractivity contribution in [1.82, 2.24) is 9.55 Å². The van der Waals surface area contributed by atoms with Crippen LogP contribution in [0.15, 0.2) is 36.8 Å². The molecular formula is C12H13N3O. The van der Waals surface area contributed by atoms with Crippen LogP contribution in [0.2, 0.25) is 0 Å². The van der Waals surface area contributed by atoms with Crippen LogP contribution in [0.5, 0.6) is 0 Å². The van der Waals surface area contributed by atoms with E-state index in [1.54, 1.807) is 6.33 Å². The second-order valence-corrected chi connectivity index (χ2v) is 3.63. The summed E-state index contributed by atoms with van der Waals surface area (Å²) in [4.78, 5) is 14.4. The number of carbonyl (C=O) groups is 1. The molecule has 0 fully saturated rings. The predicted molar refractivity (Wildman–Crippen MR) is 62.2 cm³/mol. The summed E-state index contributed by atoms with van der Waals surface area (Å²) in [7, 11) is 0. The highest BCUT2D eigenvalue weighted by Gasteiger charge is 1.99. The molecule has 1 N–H and O–H groups in total. The van der Waals surface area contributed by atoms with E-state index in [1.165, 1.54) is 0 Å². The molecule has 4 heteroatoms. The third kappa shape index (κ3) is 2.28. The highest BCUT2D eigenvalue weighted by molar-refractivity contribution is 5.71. The van der Waals surface area contributed by atoms with Crippen LogP contribution >= 0.6 is 0 Å². The van der Waals surface area contributed by atoms with Gasteiger partial charge in [-0.3, -0.25) is 4.79 Å². The summed E-state index contributed by atoms with van der Waals surface area (Å²) in [5.41, 5.74) is 3.06. The SMILES string of the molecule is Cc1cncn1Cc1cccc(NC=O)c1. The molecule has 1 aromatic carbocycles. The number of amides is 1. The third-order valence-electron chi connectivity index (χ3n) is 2.43. The topological polar surface area (TPSA) is 46.9 Å². The molecular weight excluding hydrogens is 202 g/mol. The Labute approximate surface area is 93.9 Å². The second-order valence-electron chi connectivity index (χ2n) is 3.63. The standard InChI is InChI=1S/C12H13N3O/c1-10-6-13-8-15(10)7-11-3-2-4-12(5-11)14-9-16/h2-6,8-9H,7H2,1H3,(H,14,16). The quantitative estimate of drug-likeness (QED) is 0.790. The zero-order chi connectivity index (χ0) is 11.4. The van der Waals surface area contributed by atoms with E-state index in [2.05, 4.69) is 14.9 Å². The number of nitrogens with zero attached hydrogens (tertiary/aromatic N) is 2. The first-order chi connectivity index (χ1) is 7.79. The van der Waals surface area contributed by atoms with Crippen LogP contribution < -0.4 is 5.32 Å². The number of benzene rings is 1. The van der Waals surface area contributed by atoms with Crippen LogP contribution in [0.1, 0.15) is 11.3 Å². The average molecular weight is 215 g/mol. The fraction of sp³-hybridized carbons (Fsp3) is 0.167. The fourth-order valence-corrected chi connectivity index (χ4v) is 1.58. The van der Waals surface area contributed by atoms with Crippen molar-refractivity contribution < 1.29 is 4.79 Å². The van der Waals surface area contributed by atoms with Crippen LogP contribution in [-0.2, 0) is 11.3 Å². The van der Waals surface area contributed by atoms with Crippen molar-refractivity contribution in [1.29, 1.82) is 0 Å². The summed E-state index contributed by atoms with van der Waals surface area (Å²) in [6.45, 7) is 2.78. The van der Waals surface area contributed by atoms with Crippen molar-refractivity contribution in [3.05, 3.63) is 48.0 Å². The maximum absolute atomic E-state index is 10.3. The van der Waals surface area contributed by atoms with Gasteiger partial charge in [0, 0.05) is 24.1 Å². The molecule has 0 spiro atoms. The highest BCUT2D eigenvalue weighted by Crippen LogP contribution is 2.11. The number of aromatic nitrogens is 2. The van der Waals surface area contributed by atoms with Crippen molar-refractivity contribution in [2.24, 2.45) is 0 Å². The molecule has 16 heavy (non-hydrogen) atoms. The molecule has 0 aliphatic heterocycles. The monoisotopic (exact) mass is 215 g/mol. The van der Waals surface area contributed by atoms with Gasteiger partial charge in [-0.15, -0.1) is 0 Å². The summed E-state index contributed by atoms with van der Waals surface area (Å²) in [5, 5.41) is 2.64. The number of rotatable bonds is 4. The molecule has 2 rings (SSSR count). The van der Waals surface area contributed by atoms with E-state index >= 15 is 0 Å². The van der Waals surface area contributed by atoms with Crippen LogP contribution in [0.3, 0.4) is 0 Å². The number of aryl methyl sites for hydroxylation is 1. The minimum atomic E-state index is 0.682. The van der Waals surface area contributed by atoms with Gasteiger partial charge in [-0.25, -0.2) is 4.98 Å². The van der Waals surface area contributed by atoms with Crippen molar-refractivity contribution in [2.75, 3.05) is 5.32 Å². The van der Waals surface area contributed by atoms with E-state index in [0.29, 0.717) is 6.41 Å². The van der Waals surface area contributed by atoms with Crippen LogP contribution in [0.25, 0.3) is 0 Å². The maximum atomic E-state index is 10.3. The number of anilines is 1. The Morgan fingerprint density at radius 1 is 1.50 bits per heavy atom. The van der Waals surface area contributed by atoms with E-state index in [9.17, 15) is 4.79 Å². The lowest BCUT2D eigenvalue weighted by atomic mass is 10.2. The Bertz CT molecular complexity index is 491. The lowest BCUT2D eigenvalue weighted by molar-refractivity contribution is -0.105. The van der Waals surface area contributed by atoms with Gasteiger partial charge in [-0.1, -0.05) is 12.1 Å². The van der Waals surface area contributed by atoms with Gasteiger partial charge < -0.3 is 9.88 Å². The molecule has 0 unspecified atom stereocenters. The molecule has 0 bridgehead atoms. The van der Waals surface area contributed by atoms with E-state index in [1.807, 2.05) is 37.4 Å². The molecule has 0 radical (unpaired) electrons. The summed E-state index contributed by atoms with van der Waals surface area (Å²) in [6, 6.07) is 7.76. The van der Waals surface area contributed by atoms with Crippen molar-refractivity contribution in [3.8, 4) is 0 Å². The first-order valence-electron chi connectivity index (χ1n) is 5.05. The number of nitrogens with one attached hydrogen (secondary N) is 1. The van der Waals surface area contributed by atoms with Crippen molar-refractivity contribution in [2.45, 2.75) is 13.5 Å². The molecule has 0 atom stereocenters. The molecule has 0 aliphatic rings. The summed E-state index contributed by atoms with van der Waals surface area (Å²) in [6.07, 6.45) is 4.31. The Morgan fingerprint density at radius 2 is 2.38 bits per heavy atom. The van der Waals surface area contributed by atoms with Crippen LogP contribution in [0, 0.1) is 6.92 Å². The number of carbonyl (C=O) groups excluding carboxylic acids is 1. The van der Waals surface area contributed by atoms with Crippen molar-refractivity contribution in [3.63, 3.8) is 0 Å². The van der Waals surface area contributed by atoms with E-state index in [0.717, 1.165) is 23.5 Å². The van der Waals surface area contributed by atoms with Gasteiger partial charge in [0.1, 0.15) is 0 Å². The molecule has 1 aromatic heterocycles. The number of hydrogen-bond acceptors (Lipinski definition) is 2. The Kier molecular flexibility index (Phi) is 3.00. The van der Waals surface area contributed by atoms with E-state index in [-0.39, 0.29) is 0 Å². The molecule has 0 saturated heterocycles. The molecule has 1 heterocycles. The lowest BCUT2D eigenvalue weighted by Gasteiger charge is -2.06. The van der Waals surface area contributed by atoms with Gasteiger partial charge in [0.2, 0.25) is 6.41 Å². The first kappa shape index (κ1) is 10.4. The average Bonchev–Trinajstić information content (AvgIpc) is 2.66. The summed E-state index contributed by atoms with van der Waals surface area (Å²) < 4.78 is 2.06. The molecule has 82 valence electrons. The molecule has 4 nitrogen and oxygen atoms in total. The predicted octanol–water partition coefficient (Wildman–Crippen LogP) is 1.81. The lowest BCUT2D eigenvalue weighted by Crippen LogP contribution is -2.01. The second kappa shape index (κ2) is 4.61. The summed E-state index contributed by atoms with van der Waals surface area (Å²) in [5.74, 6) is 0. The van der Waals surface area contributed by atoms with E-state index < -0.39 is 0 Å². The number of hydrogen-bond donors (Lipinski definition) is 1. The van der Waals surface area contributed by atoms with Gasteiger partial charge >= 0.3 is 0 Å². The smallest absolute Gasteiger partial charge is 0.211 e. The summed E-state index contributed by atoms with van der Waals surface area (Å²) >= 11 is 0. The van der Waals surface area contributed by atoms with Gasteiger partial charge in [0.05, 0.1) is 6.33 Å². The van der Waals surface area contributed by atoms with E-state index in [4.69, 9.17) is 0 Å². The largest absolute Gasteiger partial charge is 0.330 e.